The fourth-order valence-corrected chi connectivity index (χ4v) is 3.80. The first-order chi connectivity index (χ1) is 16.0. The number of methoxy groups -OCH3 is 2. The van der Waals surface area contributed by atoms with E-state index >= 15 is 0 Å². The van der Waals surface area contributed by atoms with Crippen molar-refractivity contribution in [3.8, 4) is 17.2 Å². The maximum atomic E-state index is 13.2. The van der Waals surface area contributed by atoms with Crippen LogP contribution in [0.15, 0.2) is 59.4 Å². The second-order valence-corrected chi connectivity index (χ2v) is 7.65. The lowest BCUT2D eigenvalue weighted by atomic mass is 10.1. The Labute approximate surface area is 190 Å². The average Bonchev–Trinajstić information content (AvgIpc) is 2.85. The first kappa shape index (κ1) is 22.3. The van der Waals surface area contributed by atoms with Crippen molar-refractivity contribution < 1.29 is 18.7 Å². The van der Waals surface area contributed by atoms with Gasteiger partial charge < -0.3 is 19.3 Å². The molecule has 0 radical (unpaired) electrons. The van der Waals surface area contributed by atoms with Crippen LogP contribution in [0, 0.1) is 5.82 Å². The maximum Gasteiger partial charge on any atom is 0.271 e. The molecule has 0 bridgehead atoms. The van der Waals surface area contributed by atoms with Gasteiger partial charge in [-0.1, -0.05) is 6.07 Å². The standard InChI is InChI=1S/C24H25FN4O4/c1-32-20-8-3-17(15-21(20)33-2)16-24(31)28-13-11-27(12-14-28)22-9-10-23(30)29(26-22)19-6-4-18(25)5-7-19/h3-10,15H,11-14,16H2,1-2H3. The van der Waals surface area contributed by atoms with Crippen molar-refractivity contribution in [1.82, 2.24) is 14.7 Å². The molecule has 0 spiro atoms. The Morgan fingerprint density at radius 1 is 0.939 bits per heavy atom. The Morgan fingerprint density at radius 2 is 1.64 bits per heavy atom. The Balaban J connectivity index is 1.41. The predicted octanol–water partition coefficient (Wildman–Crippen LogP) is 2.28. The van der Waals surface area contributed by atoms with Gasteiger partial charge in [-0.05, 0) is 48.0 Å². The Bertz CT molecular complexity index is 1190. The van der Waals surface area contributed by atoms with Crippen LogP contribution in [0.5, 0.6) is 11.5 Å². The molecular formula is C24H25FN4O4. The quantitative estimate of drug-likeness (QED) is 0.571. The zero-order chi connectivity index (χ0) is 23.4. The van der Waals surface area contributed by atoms with E-state index in [4.69, 9.17) is 9.47 Å². The van der Waals surface area contributed by atoms with Crippen LogP contribution in [-0.2, 0) is 11.2 Å². The van der Waals surface area contributed by atoms with Gasteiger partial charge in [0.2, 0.25) is 5.91 Å². The lowest BCUT2D eigenvalue weighted by Crippen LogP contribution is -2.49. The number of hydrogen-bond acceptors (Lipinski definition) is 6. The summed E-state index contributed by atoms with van der Waals surface area (Å²) >= 11 is 0. The molecule has 0 unspecified atom stereocenters. The first-order valence-corrected chi connectivity index (χ1v) is 10.6. The van der Waals surface area contributed by atoms with Crippen molar-refractivity contribution in [3.05, 3.63) is 76.3 Å². The number of amides is 1. The number of aromatic nitrogens is 2. The van der Waals surface area contributed by atoms with Gasteiger partial charge in [0.1, 0.15) is 11.6 Å². The molecule has 2 aromatic carbocycles. The summed E-state index contributed by atoms with van der Waals surface area (Å²) < 4.78 is 25.0. The number of halogens is 1. The highest BCUT2D eigenvalue weighted by Crippen LogP contribution is 2.28. The molecule has 1 aromatic heterocycles. The zero-order valence-electron chi connectivity index (χ0n) is 18.5. The molecule has 4 rings (SSSR count). The number of carbonyl (C=O) groups is 1. The van der Waals surface area contributed by atoms with Crippen LogP contribution in [0.25, 0.3) is 5.69 Å². The predicted molar refractivity (Wildman–Crippen MR) is 122 cm³/mol. The summed E-state index contributed by atoms with van der Waals surface area (Å²) in [4.78, 5) is 28.9. The van der Waals surface area contributed by atoms with Crippen molar-refractivity contribution in [2.75, 3.05) is 45.3 Å². The molecule has 1 fully saturated rings. The highest BCUT2D eigenvalue weighted by atomic mass is 19.1. The van der Waals surface area contributed by atoms with E-state index in [2.05, 4.69) is 5.10 Å². The minimum absolute atomic E-state index is 0.0334. The molecule has 8 nitrogen and oxygen atoms in total. The monoisotopic (exact) mass is 452 g/mol. The third kappa shape index (κ3) is 4.97. The van der Waals surface area contributed by atoms with Gasteiger partial charge in [-0.25, -0.2) is 4.39 Å². The topological polar surface area (TPSA) is 76.9 Å². The number of piperazine rings is 1. The smallest absolute Gasteiger partial charge is 0.271 e. The van der Waals surface area contributed by atoms with Gasteiger partial charge in [0.05, 0.1) is 26.3 Å². The second-order valence-electron chi connectivity index (χ2n) is 7.65. The number of carbonyl (C=O) groups excluding carboxylic acids is 1. The van der Waals surface area contributed by atoms with Crippen molar-refractivity contribution in [1.29, 1.82) is 0 Å². The Kier molecular flexibility index (Phi) is 6.58. The molecule has 0 saturated carbocycles. The normalized spacial score (nSPS) is 13.7. The van der Waals surface area contributed by atoms with Gasteiger partial charge in [-0.2, -0.15) is 4.68 Å². The van der Waals surface area contributed by atoms with E-state index in [9.17, 15) is 14.0 Å². The highest BCUT2D eigenvalue weighted by Gasteiger charge is 2.23. The molecular weight excluding hydrogens is 427 g/mol. The van der Waals surface area contributed by atoms with Gasteiger partial charge in [-0.3, -0.25) is 9.59 Å². The molecule has 1 amide bonds. The molecule has 1 aliphatic heterocycles. The number of anilines is 1. The fourth-order valence-electron chi connectivity index (χ4n) is 3.80. The van der Waals surface area contributed by atoms with Crippen molar-refractivity contribution in [3.63, 3.8) is 0 Å². The third-order valence-corrected chi connectivity index (χ3v) is 5.62. The van der Waals surface area contributed by atoms with Gasteiger partial charge in [0.25, 0.3) is 5.56 Å². The van der Waals surface area contributed by atoms with Crippen molar-refractivity contribution in [2.24, 2.45) is 0 Å². The largest absolute Gasteiger partial charge is 0.493 e. The van der Waals surface area contributed by atoms with Crippen LogP contribution >= 0.6 is 0 Å². The second kappa shape index (κ2) is 9.72. The third-order valence-electron chi connectivity index (χ3n) is 5.62. The van der Waals surface area contributed by atoms with Crippen molar-refractivity contribution >= 4 is 11.7 Å². The van der Waals surface area contributed by atoms with E-state index < -0.39 is 0 Å². The molecule has 3 aromatic rings. The molecule has 33 heavy (non-hydrogen) atoms. The van der Waals surface area contributed by atoms with Gasteiger partial charge in [-0.15, -0.1) is 5.10 Å². The lowest BCUT2D eigenvalue weighted by molar-refractivity contribution is -0.130. The summed E-state index contributed by atoms with van der Waals surface area (Å²) in [5.41, 5.74) is 1.05. The summed E-state index contributed by atoms with van der Waals surface area (Å²) in [5, 5.41) is 4.45. The highest BCUT2D eigenvalue weighted by molar-refractivity contribution is 5.79. The number of nitrogens with zero attached hydrogens (tertiary/aromatic N) is 4. The lowest BCUT2D eigenvalue weighted by Gasteiger charge is -2.35. The van der Waals surface area contributed by atoms with E-state index in [-0.39, 0.29) is 23.7 Å². The molecule has 2 heterocycles. The van der Waals surface area contributed by atoms with E-state index in [1.165, 1.54) is 35.0 Å². The Morgan fingerprint density at radius 3 is 2.30 bits per heavy atom. The SMILES string of the molecule is COc1ccc(CC(=O)N2CCN(c3ccc(=O)n(-c4ccc(F)cc4)n3)CC2)cc1OC. The number of benzene rings is 2. The minimum atomic E-state index is -0.378. The summed E-state index contributed by atoms with van der Waals surface area (Å²) in [7, 11) is 3.14. The van der Waals surface area contributed by atoms with Crippen LogP contribution in [0.2, 0.25) is 0 Å². The van der Waals surface area contributed by atoms with Crippen LogP contribution in [-0.4, -0.2) is 61.0 Å². The molecule has 0 N–H and O–H groups in total. The Hall–Kier alpha value is -3.88. The maximum absolute atomic E-state index is 13.2. The molecule has 1 saturated heterocycles. The van der Waals surface area contributed by atoms with Crippen molar-refractivity contribution in [2.45, 2.75) is 6.42 Å². The summed E-state index contributed by atoms with van der Waals surface area (Å²) in [6, 6.07) is 14.2. The average molecular weight is 452 g/mol. The van der Waals surface area contributed by atoms with E-state index in [1.807, 2.05) is 21.9 Å². The van der Waals surface area contributed by atoms with E-state index in [0.29, 0.717) is 49.2 Å². The van der Waals surface area contributed by atoms with Crippen LogP contribution in [0.3, 0.4) is 0 Å². The number of hydrogen-bond donors (Lipinski definition) is 0. The minimum Gasteiger partial charge on any atom is -0.493 e. The summed E-state index contributed by atoms with van der Waals surface area (Å²) in [6.07, 6.45) is 0.272. The molecule has 0 atom stereocenters. The van der Waals surface area contributed by atoms with Gasteiger partial charge >= 0.3 is 0 Å². The van der Waals surface area contributed by atoms with Gasteiger partial charge in [0, 0.05) is 32.2 Å². The number of ether oxygens (including phenoxy) is 2. The first-order valence-electron chi connectivity index (χ1n) is 10.6. The molecule has 9 heteroatoms. The molecule has 1 aliphatic rings. The summed E-state index contributed by atoms with van der Waals surface area (Å²) in [6.45, 7) is 2.27. The molecule has 0 aliphatic carbocycles. The summed E-state index contributed by atoms with van der Waals surface area (Å²) in [5.74, 6) is 1.50. The van der Waals surface area contributed by atoms with E-state index in [0.717, 1.165) is 5.56 Å². The fraction of sp³-hybridized carbons (Fsp3) is 0.292. The molecule has 172 valence electrons. The van der Waals surface area contributed by atoms with Crippen LogP contribution in [0.4, 0.5) is 10.2 Å². The number of rotatable bonds is 6. The van der Waals surface area contributed by atoms with Crippen LogP contribution < -0.4 is 19.9 Å². The zero-order valence-corrected chi connectivity index (χ0v) is 18.5. The van der Waals surface area contributed by atoms with Crippen LogP contribution in [0.1, 0.15) is 5.56 Å². The van der Waals surface area contributed by atoms with E-state index in [1.54, 1.807) is 26.4 Å². The van der Waals surface area contributed by atoms with Gasteiger partial charge in [0.15, 0.2) is 11.5 Å².